The first-order chi connectivity index (χ1) is 8.83. The Morgan fingerprint density at radius 3 is 2.56 bits per heavy atom. The minimum Gasteiger partial charge on any atom is -0.134 e. The van der Waals surface area contributed by atoms with Gasteiger partial charge in [-0.15, -0.1) is 11.3 Å². The molecule has 0 amide bonds. The fourth-order valence-electron chi connectivity index (χ4n) is 2.48. The van der Waals surface area contributed by atoms with Gasteiger partial charge in [0.1, 0.15) is 0 Å². The van der Waals surface area contributed by atoms with Crippen molar-refractivity contribution in [3.05, 3.63) is 59.6 Å². The van der Waals surface area contributed by atoms with Crippen LogP contribution >= 0.6 is 22.9 Å². The van der Waals surface area contributed by atoms with Gasteiger partial charge < -0.3 is 0 Å². The van der Waals surface area contributed by atoms with E-state index in [1.807, 2.05) is 17.4 Å². The van der Waals surface area contributed by atoms with Crippen LogP contribution in [0, 0.1) is 0 Å². The van der Waals surface area contributed by atoms with Crippen molar-refractivity contribution in [2.45, 2.75) is 0 Å². The maximum atomic E-state index is 6.07. The minimum absolute atomic E-state index is 0.804. The molecule has 0 saturated heterocycles. The summed E-state index contributed by atoms with van der Waals surface area (Å²) in [6.45, 7) is 0. The quantitative estimate of drug-likeness (QED) is 0.375. The minimum atomic E-state index is 0.804. The highest BCUT2D eigenvalue weighted by molar-refractivity contribution is 7.26. The SMILES string of the molecule is Clc1ccc2c(c1)sc1c3ccccc3ccc21. The maximum absolute atomic E-state index is 6.07. The van der Waals surface area contributed by atoms with E-state index in [0.29, 0.717) is 0 Å². The Bertz CT molecular complexity index is 889. The van der Waals surface area contributed by atoms with Crippen molar-refractivity contribution in [3.8, 4) is 0 Å². The molecule has 0 saturated carbocycles. The van der Waals surface area contributed by atoms with Crippen molar-refractivity contribution in [2.75, 3.05) is 0 Å². The lowest BCUT2D eigenvalue weighted by Gasteiger charge is -1.98. The molecule has 0 nitrogen and oxygen atoms in total. The highest BCUT2D eigenvalue weighted by Gasteiger charge is 2.07. The molecule has 3 aromatic carbocycles. The molecule has 0 spiro atoms. The largest absolute Gasteiger partial charge is 0.134 e. The molecule has 4 aromatic rings. The van der Waals surface area contributed by atoms with E-state index in [1.165, 1.54) is 30.9 Å². The number of fused-ring (bicyclic) bond motifs is 5. The van der Waals surface area contributed by atoms with E-state index in [2.05, 4.69) is 48.5 Å². The molecule has 0 N–H and O–H groups in total. The van der Waals surface area contributed by atoms with Gasteiger partial charge in [0, 0.05) is 25.2 Å². The lowest BCUT2D eigenvalue weighted by atomic mass is 10.1. The summed E-state index contributed by atoms with van der Waals surface area (Å²) in [5.74, 6) is 0. The van der Waals surface area contributed by atoms with E-state index in [9.17, 15) is 0 Å². The second-order valence-corrected chi connectivity index (χ2v) is 5.89. The fraction of sp³-hybridized carbons (Fsp3) is 0. The van der Waals surface area contributed by atoms with E-state index in [-0.39, 0.29) is 0 Å². The van der Waals surface area contributed by atoms with Crippen LogP contribution in [-0.2, 0) is 0 Å². The van der Waals surface area contributed by atoms with Crippen molar-refractivity contribution < 1.29 is 0 Å². The molecule has 0 fully saturated rings. The Morgan fingerprint density at radius 2 is 1.61 bits per heavy atom. The number of rotatable bonds is 0. The molecular weight excluding hydrogens is 260 g/mol. The van der Waals surface area contributed by atoms with Gasteiger partial charge in [-0.1, -0.05) is 54.1 Å². The lowest BCUT2D eigenvalue weighted by Crippen LogP contribution is -1.71. The normalized spacial score (nSPS) is 11.6. The Kier molecular flexibility index (Phi) is 2.14. The van der Waals surface area contributed by atoms with Crippen LogP contribution in [-0.4, -0.2) is 0 Å². The van der Waals surface area contributed by atoms with Gasteiger partial charge in [-0.2, -0.15) is 0 Å². The van der Waals surface area contributed by atoms with Gasteiger partial charge in [0.25, 0.3) is 0 Å². The molecule has 18 heavy (non-hydrogen) atoms. The van der Waals surface area contributed by atoms with Crippen molar-refractivity contribution in [2.24, 2.45) is 0 Å². The molecular formula is C16H9ClS. The summed E-state index contributed by atoms with van der Waals surface area (Å²) in [5, 5.41) is 6.05. The number of hydrogen-bond acceptors (Lipinski definition) is 1. The van der Waals surface area contributed by atoms with Gasteiger partial charge in [-0.3, -0.25) is 0 Å². The molecule has 0 aliphatic heterocycles. The monoisotopic (exact) mass is 268 g/mol. The highest BCUT2D eigenvalue weighted by atomic mass is 35.5. The first kappa shape index (κ1) is 10.4. The van der Waals surface area contributed by atoms with Crippen LogP contribution in [0.4, 0.5) is 0 Å². The van der Waals surface area contributed by atoms with Crippen molar-refractivity contribution >= 4 is 53.9 Å². The van der Waals surface area contributed by atoms with E-state index in [1.54, 1.807) is 0 Å². The van der Waals surface area contributed by atoms with Crippen LogP contribution in [0.2, 0.25) is 5.02 Å². The second kappa shape index (κ2) is 3.71. The summed E-state index contributed by atoms with van der Waals surface area (Å²) in [6, 6.07) is 19.1. The molecule has 2 heteroatoms. The predicted octanol–water partition coefficient (Wildman–Crippen LogP) is 5.86. The Balaban J connectivity index is 2.29. The number of hydrogen-bond donors (Lipinski definition) is 0. The zero-order valence-electron chi connectivity index (χ0n) is 9.48. The molecule has 0 aliphatic carbocycles. The Morgan fingerprint density at radius 1 is 0.778 bits per heavy atom. The summed E-state index contributed by atoms with van der Waals surface area (Å²) < 4.78 is 2.61. The van der Waals surface area contributed by atoms with Gasteiger partial charge in [0.05, 0.1) is 0 Å². The summed E-state index contributed by atoms with van der Waals surface area (Å²) in [4.78, 5) is 0. The van der Waals surface area contributed by atoms with Crippen LogP contribution in [0.1, 0.15) is 0 Å². The van der Waals surface area contributed by atoms with E-state index in [4.69, 9.17) is 11.6 Å². The smallest absolute Gasteiger partial charge is 0.0433 e. The fourth-order valence-corrected chi connectivity index (χ4v) is 3.99. The third kappa shape index (κ3) is 1.38. The van der Waals surface area contributed by atoms with Crippen LogP contribution in [0.3, 0.4) is 0 Å². The van der Waals surface area contributed by atoms with Gasteiger partial charge in [-0.05, 0) is 22.9 Å². The van der Waals surface area contributed by atoms with Crippen molar-refractivity contribution in [1.82, 2.24) is 0 Å². The van der Waals surface area contributed by atoms with Crippen LogP contribution in [0.25, 0.3) is 30.9 Å². The average Bonchev–Trinajstić information content (AvgIpc) is 2.76. The van der Waals surface area contributed by atoms with Gasteiger partial charge in [-0.25, -0.2) is 0 Å². The first-order valence-electron chi connectivity index (χ1n) is 5.82. The lowest BCUT2D eigenvalue weighted by molar-refractivity contribution is 1.81. The Labute approximate surface area is 113 Å². The molecule has 1 heterocycles. The van der Waals surface area contributed by atoms with Gasteiger partial charge >= 0.3 is 0 Å². The van der Waals surface area contributed by atoms with Crippen LogP contribution in [0.15, 0.2) is 54.6 Å². The predicted molar refractivity (Wildman–Crippen MR) is 81.8 cm³/mol. The highest BCUT2D eigenvalue weighted by Crippen LogP contribution is 2.39. The molecule has 0 unspecified atom stereocenters. The van der Waals surface area contributed by atoms with Crippen LogP contribution in [0.5, 0.6) is 0 Å². The molecule has 0 aliphatic rings. The molecule has 0 bridgehead atoms. The third-order valence-electron chi connectivity index (χ3n) is 3.33. The number of halogens is 1. The zero-order valence-corrected chi connectivity index (χ0v) is 11.1. The first-order valence-corrected chi connectivity index (χ1v) is 7.02. The van der Waals surface area contributed by atoms with Gasteiger partial charge in [0.2, 0.25) is 0 Å². The topological polar surface area (TPSA) is 0 Å². The molecule has 4 rings (SSSR count). The molecule has 0 atom stereocenters. The summed E-state index contributed by atoms with van der Waals surface area (Å²) in [6.07, 6.45) is 0. The zero-order chi connectivity index (χ0) is 12.1. The van der Waals surface area contributed by atoms with E-state index >= 15 is 0 Å². The summed E-state index contributed by atoms with van der Waals surface area (Å²) >= 11 is 7.89. The average molecular weight is 269 g/mol. The Hall–Kier alpha value is -1.57. The number of thiophene rings is 1. The van der Waals surface area contributed by atoms with Crippen LogP contribution < -0.4 is 0 Å². The summed E-state index contributed by atoms with van der Waals surface area (Å²) in [7, 11) is 0. The standard InChI is InChI=1S/C16H9ClS/c17-11-6-8-13-14-7-5-10-3-1-2-4-12(10)16(14)18-15(13)9-11/h1-9H. The second-order valence-electron chi connectivity index (χ2n) is 4.41. The van der Waals surface area contributed by atoms with E-state index < -0.39 is 0 Å². The molecule has 0 radical (unpaired) electrons. The van der Waals surface area contributed by atoms with E-state index in [0.717, 1.165) is 5.02 Å². The third-order valence-corrected chi connectivity index (χ3v) is 4.76. The number of benzene rings is 3. The van der Waals surface area contributed by atoms with Crippen molar-refractivity contribution in [1.29, 1.82) is 0 Å². The van der Waals surface area contributed by atoms with Gasteiger partial charge in [0.15, 0.2) is 0 Å². The maximum Gasteiger partial charge on any atom is 0.0433 e. The molecule has 86 valence electrons. The summed E-state index contributed by atoms with van der Waals surface area (Å²) in [5.41, 5.74) is 0. The molecule has 1 aromatic heterocycles. The van der Waals surface area contributed by atoms with Crippen molar-refractivity contribution in [3.63, 3.8) is 0 Å².